The Balaban J connectivity index is 2.05. The first-order valence-electron chi connectivity index (χ1n) is 6.16. The van der Waals surface area contributed by atoms with Crippen LogP contribution in [0.2, 0.25) is 0 Å². The lowest BCUT2D eigenvalue weighted by Gasteiger charge is -2.13. The van der Waals surface area contributed by atoms with Gasteiger partial charge in [-0.15, -0.1) is 0 Å². The van der Waals surface area contributed by atoms with E-state index >= 15 is 0 Å². The Hall–Kier alpha value is -1.74. The third-order valence-electron chi connectivity index (χ3n) is 3.41. The maximum atomic E-state index is 10.5. The maximum absolute atomic E-state index is 10.5. The van der Waals surface area contributed by atoms with E-state index in [9.17, 15) is 5.11 Å². The first-order valence-corrected chi connectivity index (χ1v) is 6.16. The van der Waals surface area contributed by atoms with E-state index in [0.29, 0.717) is 6.61 Å². The first kappa shape index (κ1) is 11.4. The molecule has 1 atom stereocenters. The van der Waals surface area contributed by atoms with E-state index in [0.717, 1.165) is 34.8 Å². The molecular weight excluding hydrogens is 228 g/mol. The number of rotatable bonds is 2. The number of aryl methyl sites for hydroxylation is 2. The fraction of sp³-hybridized carbons (Fsp3) is 0.333. The normalized spacial score (nSPS) is 15.3. The fourth-order valence-electron chi connectivity index (χ4n) is 2.55. The molecule has 1 unspecified atom stereocenters. The quantitative estimate of drug-likeness (QED) is 0.883. The maximum Gasteiger partial charge on any atom is 0.128 e. The second-order valence-electron chi connectivity index (χ2n) is 4.71. The van der Waals surface area contributed by atoms with E-state index in [4.69, 9.17) is 9.15 Å². The highest BCUT2D eigenvalue weighted by Gasteiger charge is 2.24. The summed E-state index contributed by atoms with van der Waals surface area (Å²) >= 11 is 0. The number of aliphatic hydroxyl groups is 1. The smallest absolute Gasteiger partial charge is 0.128 e. The van der Waals surface area contributed by atoms with E-state index in [2.05, 4.69) is 0 Å². The summed E-state index contributed by atoms with van der Waals surface area (Å²) < 4.78 is 11.1. The van der Waals surface area contributed by atoms with Gasteiger partial charge in [0.05, 0.1) is 6.61 Å². The molecule has 0 saturated heterocycles. The van der Waals surface area contributed by atoms with Crippen molar-refractivity contribution in [2.24, 2.45) is 0 Å². The van der Waals surface area contributed by atoms with Gasteiger partial charge >= 0.3 is 0 Å². The molecule has 1 aromatic heterocycles. The Morgan fingerprint density at radius 1 is 1.22 bits per heavy atom. The van der Waals surface area contributed by atoms with Crippen molar-refractivity contribution in [1.82, 2.24) is 0 Å². The number of hydrogen-bond acceptors (Lipinski definition) is 3. The van der Waals surface area contributed by atoms with Gasteiger partial charge in [0.1, 0.15) is 23.4 Å². The molecule has 3 heteroatoms. The van der Waals surface area contributed by atoms with Crippen molar-refractivity contribution in [3.8, 4) is 5.75 Å². The van der Waals surface area contributed by atoms with Gasteiger partial charge in [-0.05, 0) is 25.5 Å². The molecule has 18 heavy (non-hydrogen) atoms. The van der Waals surface area contributed by atoms with E-state index in [1.54, 1.807) is 0 Å². The lowest BCUT2D eigenvalue weighted by molar-refractivity contribution is 0.211. The zero-order valence-electron chi connectivity index (χ0n) is 10.6. The standard InChI is InChI=1S/C15H16O3/c1-9-8-13(10(2)18-9)14(16)12-5-3-4-11-6-7-17-15(11)12/h3-5,8,14,16H,6-7H2,1-2H3. The van der Waals surface area contributed by atoms with Crippen LogP contribution in [0.3, 0.4) is 0 Å². The Morgan fingerprint density at radius 3 is 2.78 bits per heavy atom. The lowest BCUT2D eigenvalue weighted by Crippen LogP contribution is -2.02. The molecule has 2 heterocycles. The number of aliphatic hydroxyl groups excluding tert-OH is 1. The monoisotopic (exact) mass is 244 g/mol. The predicted molar refractivity (Wildman–Crippen MR) is 67.9 cm³/mol. The van der Waals surface area contributed by atoms with Crippen LogP contribution in [0.1, 0.15) is 34.3 Å². The second-order valence-corrected chi connectivity index (χ2v) is 4.71. The molecule has 0 fully saturated rings. The molecule has 0 amide bonds. The molecular formula is C15H16O3. The van der Waals surface area contributed by atoms with Gasteiger partial charge in [0.15, 0.2) is 0 Å². The Labute approximate surface area is 106 Å². The van der Waals surface area contributed by atoms with Crippen LogP contribution < -0.4 is 4.74 Å². The summed E-state index contributed by atoms with van der Waals surface area (Å²) in [6.07, 6.45) is 0.231. The summed E-state index contributed by atoms with van der Waals surface area (Å²) in [6, 6.07) is 7.81. The molecule has 3 nitrogen and oxygen atoms in total. The van der Waals surface area contributed by atoms with Crippen LogP contribution in [0.25, 0.3) is 0 Å². The Kier molecular flexibility index (Phi) is 2.63. The zero-order chi connectivity index (χ0) is 12.7. The minimum absolute atomic E-state index is 0.685. The largest absolute Gasteiger partial charge is 0.493 e. The summed E-state index contributed by atoms with van der Waals surface area (Å²) in [5, 5.41) is 10.5. The number of ether oxygens (including phenoxy) is 1. The number of benzene rings is 1. The van der Waals surface area contributed by atoms with Crippen LogP contribution >= 0.6 is 0 Å². The number of hydrogen-bond donors (Lipinski definition) is 1. The molecule has 0 saturated carbocycles. The van der Waals surface area contributed by atoms with Crippen molar-refractivity contribution in [1.29, 1.82) is 0 Å². The molecule has 2 aromatic rings. The molecule has 1 aliphatic rings. The highest BCUT2D eigenvalue weighted by Crippen LogP contribution is 2.37. The van der Waals surface area contributed by atoms with Gasteiger partial charge in [-0.1, -0.05) is 18.2 Å². The van der Waals surface area contributed by atoms with Gasteiger partial charge in [-0.25, -0.2) is 0 Å². The van der Waals surface area contributed by atoms with E-state index in [1.165, 1.54) is 5.56 Å². The van der Waals surface area contributed by atoms with Crippen molar-refractivity contribution in [3.05, 3.63) is 52.5 Å². The van der Waals surface area contributed by atoms with Gasteiger partial charge in [0, 0.05) is 17.5 Å². The van der Waals surface area contributed by atoms with Crippen LogP contribution in [0.4, 0.5) is 0 Å². The second kappa shape index (κ2) is 4.18. The number of para-hydroxylation sites is 1. The molecule has 0 radical (unpaired) electrons. The molecule has 3 rings (SSSR count). The highest BCUT2D eigenvalue weighted by molar-refractivity contribution is 5.48. The van der Waals surface area contributed by atoms with E-state index < -0.39 is 6.10 Å². The minimum Gasteiger partial charge on any atom is -0.493 e. The van der Waals surface area contributed by atoms with Crippen molar-refractivity contribution >= 4 is 0 Å². The molecule has 0 aliphatic carbocycles. The van der Waals surface area contributed by atoms with Crippen LogP contribution in [-0.4, -0.2) is 11.7 Å². The van der Waals surface area contributed by atoms with E-state index in [1.807, 2.05) is 38.1 Å². The van der Waals surface area contributed by atoms with Crippen molar-refractivity contribution in [2.75, 3.05) is 6.61 Å². The van der Waals surface area contributed by atoms with Crippen molar-refractivity contribution in [2.45, 2.75) is 26.4 Å². The third kappa shape index (κ3) is 1.71. The number of fused-ring (bicyclic) bond motifs is 1. The van der Waals surface area contributed by atoms with Gasteiger partial charge in [-0.3, -0.25) is 0 Å². The predicted octanol–water partition coefficient (Wildman–Crippen LogP) is 2.91. The van der Waals surface area contributed by atoms with Gasteiger partial charge < -0.3 is 14.3 Å². The molecule has 0 bridgehead atoms. The first-order chi connectivity index (χ1) is 8.66. The highest BCUT2D eigenvalue weighted by atomic mass is 16.5. The van der Waals surface area contributed by atoms with Gasteiger partial charge in [0.25, 0.3) is 0 Å². The van der Waals surface area contributed by atoms with Gasteiger partial charge in [0.2, 0.25) is 0 Å². The third-order valence-corrected chi connectivity index (χ3v) is 3.41. The van der Waals surface area contributed by atoms with Crippen LogP contribution in [0.15, 0.2) is 28.7 Å². The summed E-state index contributed by atoms with van der Waals surface area (Å²) in [7, 11) is 0. The average molecular weight is 244 g/mol. The van der Waals surface area contributed by atoms with Crippen LogP contribution in [0, 0.1) is 13.8 Å². The summed E-state index contributed by atoms with van der Waals surface area (Å²) in [6.45, 7) is 4.45. The molecule has 1 aromatic carbocycles. The Morgan fingerprint density at radius 2 is 2.06 bits per heavy atom. The molecule has 1 aliphatic heterocycles. The number of furan rings is 1. The van der Waals surface area contributed by atoms with Gasteiger partial charge in [-0.2, -0.15) is 0 Å². The summed E-state index contributed by atoms with van der Waals surface area (Å²) in [4.78, 5) is 0. The lowest BCUT2D eigenvalue weighted by atomic mass is 9.98. The fourth-order valence-corrected chi connectivity index (χ4v) is 2.55. The van der Waals surface area contributed by atoms with Crippen molar-refractivity contribution in [3.63, 3.8) is 0 Å². The SMILES string of the molecule is Cc1cc(C(O)c2cccc3c2OCC3)c(C)o1. The summed E-state index contributed by atoms with van der Waals surface area (Å²) in [5.41, 5.74) is 2.81. The van der Waals surface area contributed by atoms with Crippen LogP contribution in [0.5, 0.6) is 5.75 Å². The Bertz CT molecular complexity index is 583. The summed E-state index contributed by atoms with van der Waals surface area (Å²) in [5.74, 6) is 2.41. The molecule has 1 N–H and O–H groups in total. The van der Waals surface area contributed by atoms with E-state index in [-0.39, 0.29) is 0 Å². The zero-order valence-corrected chi connectivity index (χ0v) is 10.6. The molecule has 94 valence electrons. The minimum atomic E-state index is -0.685. The van der Waals surface area contributed by atoms with Crippen molar-refractivity contribution < 1.29 is 14.3 Å². The topological polar surface area (TPSA) is 42.6 Å². The average Bonchev–Trinajstić information content (AvgIpc) is 2.94. The molecule has 0 spiro atoms. The van der Waals surface area contributed by atoms with Crippen LogP contribution in [-0.2, 0) is 6.42 Å².